The van der Waals surface area contributed by atoms with Crippen LogP contribution in [0.15, 0.2) is 0 Å². The summed E-state index contributed by atoms with van der Waals surface area (Å²) in [5.41, 5.74) is 5.63. The molecule has 118 valence electrons. The standard InChI is InChI=1S/C16H33N3O/c1-3-6-14(10-11-17)8-9-16(20)18-13-15-7-5-12-19(15)4-2/h14-15H,3-13,17H2,1-2H3,(H,18,20). The van der Waals surface area contributed by atoms with Gasteiger partial charge in [-0.15, -0.1) is 0 Å². The molecule has 4 heteroatoms. The number of nitrogens with two attached hydrogens (primary N) is 1. The first-order valence-corrected chi connectivity index (χ1v) is 8.42. The number of rotatable bonds is 10. The predicted octanol–water partition coefficient (Wildman–Crippen LogP) is 2.13. The third kappa shape index (κ3) is 6.23. The Morgan fingerprint density at radius 2 is 2.15 bits per heavy atom. The van der Waals surface area contributed by atoms with E-state index in [-0.39, 0.29) is 5.91 Å². The molecule has 1 amide bonds. The minimum absolute atomic E-state index is 0.214. The van der Waals surface area contributed by atoms with Gasteiger partial charge in [0.05, 0.1) is 0 Å². The van der Waals surface area contributed by atoms with Gasteiger partial charge < -0.3 is 11.1 Å². The Labute approximate surface area is 124 Å². The fourth-order valence-corrected chi connectivity index (χ4v) is 3.27. The van der Waals surface area contributed by atoms with Crippen LogP contribution < -0.4 is 11.1 Å². The van der Waals surface area contributed by atoms with E-state index < -0.39 is 0 Å². The van der Waals surface area contributed by atoms with Crippen LogP contribution in [0.2, 0.25) is 0 Å². The van der Waals surface area contributed by atoms with E-state index in [1.54, 1.807) is 0 Å². The molecule has 2 atom stereocenters. The van der Waals surface area contributed by atoms with Crippen molar-refractivity contribution in [1.82, 2.24) is 10.2 Å². The third-order valence-corrected chi connectivity index (χ3v) is 4.49. The molecular formula is C16H33N3O. The molecule has 1 rings (SSSR count). The zero-order chi connectivity index (χ0) is 14.8. The summed E-state index contributed by atoms with van der Waals surface area (Å²) in [6.07, 6.45) is 7.55. The summed E-state index contributed by atoms with van der Waals surface area (Å²) < 4.78 is 0. The molecule has 0 aliphatic carbocycles. The van der Waals surface area contributed by atoms with Crippen LogP contribution in [-0.2, 0) is 4.79 Å². The normalized spacial score (nSPS) is 21.1. The van der Waals surface area contributed by atoms with Gasteiger partial charge in [-0.3, -0.25) is 9.69 Å². The van der Waals surface area contributed by atoms with Gasteiger partial charge in [0, 0.05) is 19.0 Å². The Morgan fingerprint density at radius 1 is 1.35 bits per heavy atom. The van der Waals surface area contributed by atoms with Crippen LogP contribution in [0.1, 0.15) is 58.8 Å². The van der Waals surface area contributed by atoms with E-state index in [1.807, 2.05) is 0 Å². The van der Waals surface area contributed by atoms with Gasteiger partial charge in [-0.1, -0.05) is 26.7 Å². The molecule has 0 aromatic carbocycles. The highest BCUT2D eigenvalue weighted by atomic mass is 16.1. The Morgan fingerprint density at radius 3 is 2.80 bits per heavy atom. The van der Waals surface area contributed by atoms with Gasteiger partial charge in [-0.25, -0.2) is 0 Å². The minimum Gasteiger partial charge on any atom is -0.355 e. The summed E-state index contributed by atoms with van der Waals surface area (Å²) in [4.78, 5) is 14.4. The number of amides is 1. The second kappa shape index (κ2) is 10.2. The van der Waals surface area contributed by atoms with Crippen molar-refractivity contribution in [3.05, 3.63) is 0 Å². The van der Waals surface area contributed by atoms with Crippen LogP contribution in [0.25, 0.3) is 0 Å². The number of carbonyl (C=O) groups excluding carboxylic acids is 1. The number of carbonyl (C=O) groups is 1. The van der Waals surface area contributed by atoms with Crippen molar-refractivity contribution in [2.75, 3.05) is 26.2 Å². The Bertz CT molecular complexity index is 264. The molecule has 0 aromatic heterocycles. The van der Waals surface area contributed by atoms with Crippen molar-refractivity contribution in [2.45, 2.75) is 64.8 Å². The van der Waals surface area contributed by atoms with Crippen LogP contribution in [0.4, 0.5) is 0 Å². The third-order valence-electron chi connectivity index (χ3n) is 4.49. The SMILES string of the molecule is CCCC(CCN)CCC(=O)NCC1CCCN1CC. The van der Waals surface area contributed by atoms with Crippen molar-refractivity contribution in [2.24, 2.45) is 11.7 Å². The average Bonchev–Trinajstić information content (AvgIpc) is 2.90. The molecule has 4 nitrogen and oxygen atoms in total. The maximum absolute atomic E-state index is 11.9. The van der Waals surface area contributed by atoms with E-state index in [1.165, 1.54) is 32.2 Å². The van der Waals surface area contributed by atoms with Gasteiger partial charge in [0.2, 0.25) is 5.91 Å². The maximum Gasteiger partial charge on any atom is 0.220 e. The lowest BCUT2D eigenvalue weighted by molar-refractivity contribution is -0.121. The van der Waals surface area contributed by atoms with Crippen LogP contribution >= 0.6 is 0 Å². The zero-order valence-corrected chi connectivity index (χ0v) is 13.4. The molecule has 1 saturated heterocycles. The van der Waals surface area contributed by atoms with Gasteiger partial charge in [0.25, 0.3) is 0 Å². The summed E-state index contributed by atoms with van der Waals surface area (Å²) in [5, 5.41) is 3.12. The number of nitrogens with zero attached hydrogens (tertiary/aromatic N) is 1. The van der Waals surface area contributed by atoms with Gasteiger partial charge in [0.15, 0.2) is 0 Å². The minimum atomic E-state index is 0.214. The van der Waals surface area contributed by atoms with Crippen LogP contribution in [-0.4, -0.2) is 43.0 Å². The molecule has 1 fully saturated rings. The number of likely N-dealkylation sites (tertiary alicyclic amines) is 1. The lowest BCUT2D eigenvalue weighted by Crippen LogP contribution is -2.40. The molecule has 20 heavy (non-hydrogen) atoms. The van der Waals surface area contributed by atoms with Crippen molar-refractivity contribution < 1.29 is 4.79 Å². The molecule has 0 bridgehead atoms. The summed E-state index contributed by atoms with van der Waals surface area (Å²) in [6, 6.07) is 0.555. The summed E-state index contributed by atoms with van der Waals surface area (Å²) >= 11 is 0. The monoisotopic (exact) mass is 283 g/mol. The molecule has 1 aliphatic heterocycles. The van der Waals surface area contributed by atoms with Gasteiger partial charge >= 0.3 is 0 Å². The Hall–Kier alpha value is -0.610. The summed E-state index contributed by atoms with van der Waals surface area (Å²) in [6.45, 7) is 8.23. The van der Waals surface area contributed by atoms with E-state index in [0.717, 1.165) is 32.5 Å². The first-order valence-electron chi connectivity index (χ1n) is 8.42. The quantitative estimate of drug-likeness (QED) is 0.646. The van der Waals surface area contributed by atoms with Crippen molar-refractivity contribution >= 4 is 5.91 Å². The first-order chi connectivity index (χ1) is 9.71. The van der Waals surface area contributed by atoms with E-state index in [2.05, 4.69) is 24.1 Å². The molecule has 2 unspecified atom stereocenters. The fraction of sp³-hybridized carbons (Fsp3) is 0.938. The van der Waals surface area contributed by atoms with E-state index in [9.17, 15) is 4.79 Å². The van der Waals surface area contributed by atoms with Crippen molar-refractivity contribution in [1.29, 1.82) is 0 Å². The Balaban J connectivity index is 2.19. The predicted molar refractivity (Wildman–Crippen MR) is 84.6 cm³/mol. The summed E-state index contributed by atoms with van der Waals surface area (Å²) in [5.74, 6) is 0.834. The van der Waals surface area contributed by atoms with E-state index in [0.29, 0.717) is 18.4 Å². The first kappa shape index (κ1) is 17.4. The van der Waals surface area contributed by atoms with Gasteiger partial charge in [0.1, 0.15) is 0 Å². The number of hydrogen-bond donors (Lipinski definition) is 2. The van der Waals surface area contributed by atoms with Gasteiger partial charge in [-0.2, -0.15) is 0 Å². The van der Waals surface area contributed by atoms with Gasteiger partial charge in [-0.05, 0) is 51.2 Å². The van der Waals surface area contributed by atoms with E-state index in [4.69, 9.17) is 5.73 Å². The lowest BCUT2D eigenvalue weighted by Gasteiger charge is -2.23. The highest BCUT2D eigenvalue weighted by Gasteiger charge is 2.23. The molecule has 1 heterocycles. The number of nitrogens with one attached hydrogen (secondary N) is 1. The summed E-state index contributed by atoms with van der Waals surface area (Å²) in [7, 11) is 0. The fourth-order valence-electron chi connectivity index (χ4n) is 3.27. The topological polar surface area (TPSA) is 58.4 Å². The average molecular weight is 283 g/mol. The molecule has 0 saturated carbocycles. The van der Waals surface area contributed by atoms with Crippen LogP contribution in [0.5, 0.6) is 0 Å². The molecule has 1 aliphatic rings. The zero-order valence-electron chi connectivity index (χ0n) is 13.4. The molecular weight excluding hydrogens is 250 g/mol. The smallest absolute Gasteiger partial charge is 0.220 e. The van der Waals surface area contributed by atoms with E-state index >= 15 is 0 Å². The van der Waals surface area contributed by atoms with Crippen molar-refractivity contribution in [3.63, 3.8) is 0 Å². The number of hydrogen-bond acceptors (Lipinski definition) is 3. The largest absolute Gasteiger partial charge is 0.355 e. The molecule has 0 radical (unpaired) electrons. The highest BCUT2D eigenvalue weighted by molar-refractivity contribution is 5.75. The maximum atomic E-state index is 11.9. The molecule has 3 N–H and O–H groups in total. The highest BCUT2D eigenvalue weighted by Crippen LogP contribution is 2.18. The molecule has 0 spiro atoms. The second-order valence-electron chi connectivity index (χ2n) is 6.00. The van der Waals surface area contributed by atoms with Crippen molar-refractivity contribution in [3.8, 4) is 0 Å². The van der Waals surface area contributed by atoms with Crippen LogP contribution in [0, 0.1) is 5.92 Å². The molecule has 0 aromatic rings. The van der Waals surface area contributed by atoms with Crippen LogP contribution in [0.3, 0.4) is 0 Å². The Kier molecular flexibility index (Phi) is 8.86. The lowest BCUT2D eigenvalue weighted by atomic mass is 9.94. The second-order valence-corrected chi connectivity index (χ2v) is 6.00. The number of likely N-dealkylation sites (N-methyl/N-ethyl adjacent to an activating group) is 1.